The summed E-state index contributed by atoms with van der Waals surface area (Å²) >= 11 is 0. The molecular formula is C14H20N2O. The molecule has 0 bridgehead atoms. The molecule has 2 atom stereocenters. The number of benzene rings is 1. The van der Waals surface area contributed by atoms with Crippen LogP contribution in [0.2, 0.25) is 0 Å². The first-order valence-corrected chi connectivity index (χ1v) is 6.24. The van der Waals surface area contributed by atoms with Crippen molar-refractivity contribution in [2.24, 2.45) is 5.92 Å². The fourth-order valence-corrected chi connectivity index (χ4v) is 2.26. The highest BCUT2D eigenvalue weighted by atomic mass is 16.2. The van der Waals surface area contributed by atoms with Crippen molar-refractivity contribution in [1.29, 1.82) is 0 Å². The second-order valence-electron chi connectivity index (χ2n) is 5.03. The summed E-state index contributed by atoms with van der Waals surface area (Å²) in [6.07, 6.45) is 0.893. The zero-order chi connectivity index (χ0) is 12.3. The quantitative estimate of drug-likeness (QED) is 0.826. The number of amides is 1. The fraction of sp³-hybridized carbons (Fsp3) is 0.500. The molecule has 0 saturated carbocycles. The molecule has 17 heavy (non-hydrogen) atoms. The third-order valence-electron chi connectivity index (χ3n) is 3.20. The van der Waals surface area contributed by atoms with E-state index in [1.165, 1.54) is 5.56 Å². The predicted octanol–water partition coefficient (Wildman–Crippen LogP) is 1.34. The molecule has 1 aromatic carbocycles. The van der Waals surface area contributed by atoms with Crippen LogP contribution in [0.4, 0.5) is 0 Å². The molecular weight excluding hydrogens is 212 g/mol. The molecule has 2 rings (SSSR count). The van der Waals surface area contributed by atoms with Crippen molar-refractivity contribution in [3.8, 4) is 0 Å². The highest BCUT2D eigenvalue weighted by molar-refractivity contribution is 5.83. The zero-order valence-corrected chi connectivity index (χ0v) is 10.4. The summed E-state index contributed by atoms with van der Waals surface area (Å²) in [4.78, 5) is 11.9. The summed E-state index contributed by atoms with van der Waals surface area (Å²) in [7, 11) is 0. The van der Waals surface area contributed by atoms with Crippen molar-refractivity contribution >= 4 is 5.91 Å². The standard InChI is InChI=1S/C14H20N2O/c1-10(2)13-14(17)16-12(9-15-13)8-11-6-4-3-5-7-11/h3-7,10,12-13,15H,8-9H2,1-2H3,(H,16,17). The van der Waals surface area contributed by atoms with E-state index < -0.39 is 0 Å². The molecule has 2 N–H and O–H groups in total. The van der Waals surface area contributed by atoms with E-state index in [-0.39, 0.29) is 18.0 Å². The van der Waals surface area contributed by atoms with Gasteiger partial charge in [-0.05, 0) is 17.9 Å². The first kappa shape index (κ1) is 12.1. The summed E-state index contributed by atoms with van der Waals surface area (Å²) < 4.78 is 0. The first-order valence-electron chi connectivity index (χ1n) is 6.24. The van der Waals surface area contributed by atoms with Crippen LogP contribution in [-0.4, -0.2) is 24.5 Å². The summed E-state index contributed by atoms with van der Waals surface area (Å²) in [5.41, 5.74) is 1.27. The third-order valence-corrected chi connectivity index (χ3v) is 3.20. The van der Waals surface area contributed by atoms with E-state index in [0.29, 0.717) is 5.92 Å². The Morgan fingerprint density at radius 3 is 2.59 bits per heavy atom. The Hall–Kier alpha value is -1.35. The van der Waals surface area contributed by atoms with E-state index in [2.05, 4.69) is 36.6 Å². The van der Waals surface area contributed by atoms with Gasteiger partial charge in [0.25, 0.3) is 0 Å². The Morgan fingerprint density at radius 2 is 2.00 bits per heavy atom. The molecule has 0 aliphatic carbocycles. The van der Waals surface area contributed by atoms with Gasteiger partial charge in [0.05, 0.1) is 6.04 Å². The predicted molar refractivity (Wildman–Crippen MR) is 68.7 cm³/mol. The smallest absolute Gasteiger partial charge is 0.237 e. The number of hydrogen-bond acceptors (Lipinski definition) is 2. The van der Waals surface area contributed by atoms with Gasteiger partial charge in [-0.2, -0.15) is 0 Å². The molecule has 1 heterocycles. The average molecular weight is 232 g/mol. The summed E-state index contributed by atoms with van der Waals surface area (Å²) in [5.74, 6) is 0.472. The van der Waals surface area contributed by atoms with Crippen LogP contribution in [0, 0.1) is 5.92 Å². The Kier molecular flexibility index (Phi) is 3.79. The Morgan fingerprint density at radius 1 is 1.29 bits per heavy atom. The molecule has 1 amide bonds. The third kappa shape index (κ3) is 3.07. The number of carbonyl (C=O) groups excluding carboxylic acids is 1. The number of nitrogens with one attached hydrogen (secondary N) is 2. The molecule has 2 unspecified atom stereocenters. The normalized spacial score (nSPS) is 24.8. The average Bonchev–Trinajstić information content (AvgIpc) is 2.30. The van der Waals surface area contributed by atoms with Crippen LogP contribution >= 0.6 is 0 Å². The van der Waals surface area contributed by atoms with Gasteiger partial charge >= 0.3 is 0 Å². The van der Waals surface area contributed by atoms with Crippen molar-refractivity contribution < 1.29 is 4.79 Å². The summed E-state index contributed by atoms with van der Waals surface area (Å²) in [6, 6.07) is 10.4. The summed E-state index contributed by atoms with van der Waals surface area (Å²) in [5, 5.41) is 6.42. The Bertz CT molecular complexity index is 375. The Balaban J connectivity index is 1.92. The van der Waals surface area contributed by atoms with E-state index in [1.807, 2.05) is 18.2 Å². The Labute approximate surface area is 103 Å². The number of hydrogen-bond donors (Lipinski definition) is 2. The highest BCUT2D eigenvalue weighted by Gasteiger charge is 2.29. The molecule has 0 radical (unpaired) electrons. The van der Waals surface area contributed by atoms with Gasteiger partial charge in [0.15, 0.2) is 0 Å². The van der Waals surface area contributed by atoms with Crippen LogP contribution in [0.1, 0.15) is 19.4 Å². The maximum Gasteiger partial charge on any atom is 0.237 e. The van der Waals surface area contributed by atoms with Gasteiger partial charge in [0.2, 0.25) is 5.91 Å². The number of piperazine rings is 1. The fourth-order valence-electron chi connectivity index (χ4n) is 2.26. The van der Waals surface area contributed by atoms with Crippen LogP contribution in [0.15, 0.2) is 30.3 Å². The van der Waals surface area contributed by atoms with Crippen molar-refractivity contribution in [3.05, 3.63) is 35.9 Å². The molecule has 0 spiro atoms. The lowest BCUT2D eigenvalue weighted by Gasteiger charge is -2.32. The largest absolute Gasteiger partial charge is 0.350 e. The van der Waals surface area contributed by atoms with Crippen LogP contribution in [0.5, 0.6) is 0 Å². The van der Waals surface area contributed by atoms with Crippen molar-refractivity contribution in [2.45, 2.75) is 32.4 Å². The minimum absolute atomic E-state index is 0.0398. The molecule has 1 aliphatic rings. The molecule has 1 saturated heterocycles. The van der Waals surface area contributed by atoms with Crippen molar-refractivity contribution in [3.63, 3.8) is 0 Å². The molecule has 92 valence electrons. The second kappa shape index (κ2) is 5.32. The van der Waals surface area contributed by atoms with Crippen LogP contribution < -0.4 is 10.6 Å². The molecule has 1 fully saturated rings. The van der Waals surface area contributed by atoms with Gasteiger partial charge in [0.1, 0.15) is 0 Å². The van der Waals surface area contributed by atoms with Gasteiger partial charge in [-0.15, -0.1) is 0 Å². The van der Waals surface area contributed by atoms with E-state index in [0.717, 1.165) is 13.0 Å². The first-order chi connectivity index (χ1) is 8.16. The second-order valence-corrected chi connectivity index (χ2v) is 5.03. The minimum Gasteiger partial charge on any atom is -0.350 e. The van der Waals surface area contributed by atoms with Crippen LogP contribution in [0.25, 0.3) is 0 Å². The highest BCUT2D eigenvalue weighted by Crippen LogP contribution is 2.09. The van der Waals surface area contributed by atoms with Gasteiger partial charge in [-0.3, -0.25) is 4.79 Å². The van der Waals surface area contributed by atoms with Crippen molar-refractivity contribution in [1.82, 2.24) is 10.6 Å². The maximum atomic E-state index is 11.9. The lowest BCUT2D eigenvalue weighted by Crippen LogP contribution is -2.60. The number of rotatable bonds is 3. The molecule has 3 nitrogen and oxygen atoms in total. The van der Waals surface area contributed by atoms with Gasteiger partial charge in [-0.25, -0.2) is 0 Å². The molecule has 3 heteroatoms. The van der Waals surface area contributed by atoms with Crippen LogP contribution in [0.3, 0.4) is 0 Å². The molecule has 1 aromatic rings. The van der Waals surface area contributed by atoms with Gasteiger partial charge < -0.3 is 10.6 Å². The van der Waals surface area contributed by atoms with Gasteiger partial charge in [0, 0.05) is 12.6 Å². The molecule has 1 aliphatic heterocycles. The lowest BCUT2D eigenvalue weighted by molar-refractivity contribution is -0.126. The van der Waals surface area contributed by atoms with Gasteiger partial charge in [-0.1, -0.05) is 44.2 Å². The van der Waals surface area contributed by atoms with Crippen LogP contribution in [-0.2, 0) is 11.2 Å². The monoisotopic (exact) mass is 232 g/mol. The van der Waals surface area contributed by atoms with E-state index in [9.17, 15) is 4.79 Å². The van der Waals surface area contributed by atoms with Crippen molar-refractivity contribution in [2.75, 3.05) is 6.54 Å². The zero-order valence-electron chi connectivity index (χ0n) is 10.4. The van der Waals surface area contributed by atoms with E-state index in [4.69, 9.17) is 0 Å². The molecule has 0 aromatic heterocycles. The lowest BCUT2D eigenvalue weighted by atomic mass is 9.97. The summed E-state index contributed by atoms with van der Waals surface area (Å²) in [6.45, 7) is 4.98. The SMILES string of the molecule is CC(C)C1NCC(Cc2ccccc2)NC1=O. The number of carbonyl (C=O) groups is 1. The topological polar surface area (TPSA) is 41.1 Å². The minimum atomic E-state index is -0.0398. The van der Waals surface area contributed by atoms with E-state index >= 15 is 0 Å². The maximum absolute atomic E-state index is 11.9. The van der Waals surface area contributed by atoms with E-state index in [1.54, 1.807) is 0 Å².